The van der Waals surface area contributed by atoms with Crippen molar-refractivity contribution in [3.8, 4) is 11.5 Å². The molecule has 1 aromatic rings. The lowest BCUT2D eigenvalue weighted by atomic mass is 10.0. The van der Waals surface area contributed by atoms with Gasteiger partial charge < -0.3 is 20.3 Å². The lowest BCUT2D eigenvalue weighted by Gasteiger charge is -2.17. The molecule has 1 heterocycles. The van der Waals surface area contributed by atoms with Crippen molar-refractivity contribution in [3.63, 3.8) is 0 Å². The number of nitrogens with two attached hydrogens (primary N) is 1. The van der Waals surface area contributed by atoms with Crippen LogP contribution in [-0.4, -0.2) is 24.3 Å². The molecule has 0 bridgehead atoms. The fourth-order valence-corrected chi connectivity index (χ4v) is 2.15. The minimum atomic E-state index is -1.13. The summed E-state index contributed by atoms with van der Waals surface area (Å²) in [6.07, 6.45) is 0.755. The van der Waals surface area contributed by atoms with Crippen molar-refractivity contribution in [3.05, 3.63) is 22.2 Å². The van der Waals surface area contributed by atoms with Crippen LogP contribution in [0.15, 0.2) is 6.07 Å². The molecule has 98 valence electrons. The van der Waals surface area contributed by atoms with Crippen molar-refractivity contribution < 1.29 is 19.4 Å². The number of carboxylic acids is 1. The Morgan fingerprint density at radius 1 is 1.44 bits per heavy atom. The first kappa shape index (κ1) is 13.0. The van der Waals surface area contributed by atoms with Gasteiger partial charge in [-0.15, -0.1) is 0 Å². The van der Waals surface area contributed by atoms with Crippen LogP contribution in [0, 0.1) is 6.92 Å². The van der Waals surface area contributed by atoms with Gasteiger partial charge in [-0.25, -0.2) is 0 Å². The highest BCUT2D eigenvalue weighted by Crippen LogP contribution is 2.42. The van der Waals surface area contributed by atoms with E-state index in [0.29, 0.717) is 40.9 Å². The summed E-state index contributed by atoms with van der Waals surface area (Å²) in [5.74, 6) is -0.150. The van der Waals surface area contributed by atoms with Gasteiger partial charge in [-0.05, 0) is 18.6 Å². The van der Waals surface area contributed by atoms with Crippen LogP contribution in [-0.2, 0) is 4.79 Å². The Balaban J connectivity index is 2.55. The number of hydrogen-bond acceptors (Lipinski definition) is 4. The topological polar surface area (TPSA) is 81.8 Å². The number of ether oxygens (including phenoxy) is 2. The van der Waals surface area contributed by atoms with Crippen LogP contribution in [0.1, 0.15) is 23.6 Å². The Labute approximate surface area is 109 Å². The SMILES string of the molecule is Cc1c(C(N)C(=O)O)cc(Cl)c2c1OCCCO2. The van der Waals surface area contributed by atoms with Crippen LogP contribution in [0.2, 0.25) is 5.02 Å². The fourth-order valence-electron chi connectivity index (χ4n) is 1.89. The van der Waals surface area contributed by atoms with Crippen LogP contribution < -0.4 is 15.2 Å². The molecule has 1 unspecified atom stereocenters. The molecule has 18 heavy (non-hydrogen) atoms. The third-order valence-corrected chi connectivity index (χ3v) is 3.14. The molecule has 0 spiro atoms. The summed E-state index contributed by atoms with van der Waals surface area (Å²) in [5, 5.41) is 9.29. The zero-order valence-corrected chi connectivity index (χ0v) is 10.7. The fraction of sp³-hybridized carbons (Fsp3) is 0.417. The summed E-state index contributed by atoms with van der Waals surface area (Å²) in [7, 11) is 0. The predicted molar refractivity (Wildman–Crippen MR) is 66.4 cm³/mol. The third-order valence-electron chi connectivity index (χ3n) is 2.86. The molecule has 6 heteroatoms. The molecule has 0 aliphatic carbocycles. The number of hydrogen-bond donors (Lipinski definition) is 2. The highest BCUT2D eigenvalue weighted by molar-refractivity contribution is 6.32. The van der Waals surface area contributed by atoms with Gasteiger partial charge in [0.25, 0.3) is 0 Å². The number of carboxylic acid groups (broad SMARTS) is 1. The summed E-state index contributed by atoms with van der Waals surface area (Å²) >= 11 is 6.09. The minimum Gasteiger partial charge on any atom is -0.489 e. The molecular formula is C12H14ClNO4. The van der Waals surface area contributed by atoms with E-state index in [0.717, 1.165) is 6.42 Å². The quantitative estimate of drug-likeness (QED) is 0.858. The van der Waals surface area contributed by atoms with Crippen molar-refractivity contribution in [2.75, 3.05) is 13.2 Å². The van der Waals surface area contributed by atoms with E-state index in [1.54, 1.807) is 6.92 Å². The second-order valence-electron chi connectivity index (χ2n) is 4.10. The predicted octanol–water partition coefficient (Wildman–Crippen LogP) is 1.89. The van der Waals surface area contributed by atoms with Gasteiger partial charge in [-0.1, -0.05) is 11.6 Å². The van der Waals surface area contributed by atoms with Crippen molar-refractivity contribution in [2.24, 2.45) is 5.73 Å². The molecule has 0 saturated heterocycles. The molecule has 0 radical (unpaired) electrons. The van der Waals surface area contributed by atoms with E-state index >= 15 is 0 Å². The van der Waals surface area contributed by atoms with E-state index < -0.39 is 12.0 Å². The summed E-state index contributed by atoms with van der Waals surface area (Å²) < 4.78 is 11.1. The van der Waals surface area contributed by atoms with E-state index in [4.69, 9.17) is 31.9 Å². The molecule has 1 aliphatic rings. The first-order valence-corrected chi connectivity index (χ1v) is 5.97. The van der Waals surface area contributed by atoms with Gasteiger partial charge >= 0.3 is 5.97 Å². The highest BCUT2D eigenvalue weighted by atomic mass is 35.5. The monoisotopic (exact) mass is 271 g/mol. The number of halogens is 1. The zero-order valence-electron chi connectivity index (χ0n) is 9.90. The van der Waals surface area contributed by atoms with E-state index in [1.807, 2.05) is 0 Å². The van der Waals surface area contributed by atoms with Gasteiger partial charge in [0.1, 0.15) is 6.04 Å². The average molecular weight is 272 g/mol. The van der Waals surface area contributed by atoms with Gasteiger partial charge in [0.2, 0.25) is 0 Å². The number of carbonyl (C=O) groups is 1. The van der Waals surface area contributed by atoms with E-state index in [1.165, 1.54) is 6.07 Å². The Morgan fingerprint density at radius 2 is 2.06 bits per heavy atom. The smallest absolute Gasteiger partial charge is 0.325 e. The van der Waals surface area contributed by atoms with E-state index in [-0.39, 0.29) is 0 Å². The van der Waals surface area contributed by atoms with Gasteiger partial charge in [-0.2, -0.15) is 0 Å². The number of fused-ring (bicyclic) bond motifs is 1. The number of rotatable bonds is 2. The molecule has 5 nitrogen and oxygen atoms in total. The maximum atomic E-state index is 11.0. The van der Waals surface area contributed by atoms with Crippen LogP contribution >= 0.6 is 11.6 Å². The lowest BCUT2D eigenvalue weighted by Crippen LogP contribution is -2.22. The first-order chi connectivity index (χ1) is 8.52. The molecule has 3 N–H and O–H groups in total. The van der Waals surface area contributed by atoms with Crippen molar-refractivity contribution >= 4 is 17.6 Å². The third kappa shape index (κ3) is 2.23. The number of aliphatic carboxylic acids is 1. The largest absolute Gasteiger partial charge is 0.489 e. The first-order valence-electron chi connectivity index (χ1n) is 5.59. The van der Waals surface area contributed by atoms with Gasteiger partial charge in [0, 0.05) is 12.0 Å². The Bertz CT molecular complexity index is 489. The lowest BCUT2D eigenvalue weighted by molar-refractivity contribution is -0.138. The molecule has 0 amide bonds. The standard InChI is InChI=1S/C12H14ClNO4/c1-6-7(9(14)12(15)16)5-8(13)11-10(6)17-3-2-4-18-11/h5,9H,2-4,14H2,1H3,(H,15,16). The Morgan fingerprint density at radius 3 is 2.67 bits per heavy atom. The van der Waals surface area contributed by atoms with Crippen LogP contribution in [0.4, 0.5) is 0 Å². The van der Waals surface area contributed by atoms with Crippen molar-refractivity contribution in [1.82, 2.24) is 0 Å². The van der Waals surface area contributed by atoms with Crippen LogP contribution in [0.5, 0.6) is 11.5 Å². The molecule has 1 atom stereocenters. The summed E-state index contributed by atoms with van der Waals surface area (Å²) in [6.45, 7) is 2.79. The normalized spacial score (nSPS) is 15.9. The summed E-state index contributed by atoms with van der Waals surface area (Å²) in [5.41, 5.74) is 6.73. The van der Waals surface area contributed by atoms with E-state index in [9.17, 15) is 4.79 Å². The molecule has 1 aromatic carbocycles. The molecule has 1 aliphatic heterocycles. The zero-order chi connectivity index (χ0) is 13.3. The number of benzene rings is 1. The molecule has 2 rings (SSSR count). The summed E-state index contributed by atoms with van der Waals surface area (Å²) in [6, 6.07) is 0.406. The molecular weight excluding hydrogens is 258 g/mol. The highest BCUT2D eigenvalue weighted by Gasteiger charge is 2.25. The maximum absolute atomic E-state index is 11.0. The Hall–Kier alpha value is -1.46. The van der Waals surface area contributed by atoms with Crippen molar-refractivity contribution in [2.45, 2.75) is 19.4 Å². The second-order valence-corrected chi connectivity index (χ2v) is 4.50. The van der Waals surface area contributed by atoms with Gasteiger partial charge in [0.15, 0.2) is 11.5 Å². The van der Waals surface area contributed by atoms with Gasteiger partial charge in [0.05, 0.1) is 18.2 Å². The van der Waals surface area contributed by atoms with Gasteiger partial charge in [-0.3, -0.25) is 4.79 Å². The van der Waals surface area contributed by atoms with E-state index in [2.05, 4.69) is 0 Å². The summed E-state index contributed by atoms with van der Waals surface area (Å²) in [4.78, 5) is 11.0. The molecule has 0 aromatic heterocycles. The molecule has 0 fully saturated rings. The Kier molecular flexibility index (Phi) is 3.63. The minimum absolute atomic E-state index is 0.323. The van der Waals surface area contributed by atoms with Crippen molar-refractivity contribution in [1.29, 1.82) is 0 Å². The second kappa shape index (κ2) is 5.04. The average Bonchev–Trinajstić information content (AvgIpc) is 2.58. The maximum Gasteiger partial charge on any atom is 0.325 e. The molecule has 0 saturated carbocycles. The van der Waals surface area contributed by atoms with Crippen LogP contribution in [0.25, 0.3) is 0 Å². The van der Waals surface area contributed by atoms with Crippen LogP contribution in [0.3, 0.4) is 0 Å².